The van der Waals surface area contributed by atoms with E-state index < -0.39 is 0 Å². The number of carbonyl (C=O) groups is 1. The van der Waals surface area contributed by atoms with Crippen molar-refractivity contribution in [2.45, 2.75) is 19.4 Å². The van der Waals surface area contributed by atoms with E-state index in [1.807, 2.05) is 30.7 Å². The number of rotatable bonds is 2. The predicted molar refractivity (Wildman–Crippen MR) is 74.1 cm³/mol. The molecule has 0 aliphatic carbocycles. The molecule has 1 atom stereocenters. The molecule has 0 fully saturated rings. The largest absolute Gasteiger partial charge is 0.335 e. The number of nitrogens with one attached hydrogen (secondary N) is 1. The number of halogens is 1. The molecule has 0 saturated carbocycles. The third-order valence-electron chi connectivity index (χ3n) is 3.48. The van der Waals surface area contributed by atoms with Crippen molar-refractivity contribution in [3.05, 3.63) is 47.5 Å². The summed E-state index contributed by atoms with van der Waals surface area (Å²) < 4.78 is 2.10. The normalized spacial score (nSPS) is 17.8. The highest BCUT2D eigenvalue weighted by atomic mass is 35.5. The van der Waals surface area contributed by atoms with E-state index in [1.165, 1.54) is 0 Å². The van der Waals surface area contributed by atoms with Crippen LogP contribution in [0.15, 0.2) is 36.8 Å². The molecule has 1 aliphatic rings. The van der Waals surface area contributed by atoms with Gasteiger partial charge in [-0.25, -0.2) is 4.98 Å². The van der Waals surface area contributed by atoms with Crippen molar-refractivity contribution in [1.82, 2.24) is 9.55 Å². The third kappa shape index (κ3) is 2.49. The number of anilines is 1. The minimum absolute atomic E-state index is 0.0135. The van der Waals surface area contributed by atoms with Crippen LogP contribution in [-0.2, 0) is 17.8 Å². The molecule has 0 saturated heterocycles. The Kier molecular flexibility index (Phi) is 3.25. The SMILES string of the molecule is O=C(Nc1ccccc1Cl)C1CCn2cncc2C1. The molecule has 1 aromatic carbocycles. The van der Waals surface area contributed by atoms with Crippen LogP contribution in [0.4, 0.5) is 5.69 Å². The molecular formula is C14H14ClN3O. The summed E-state index contributed by atoms with van der Waals surface area (Å²) in [5.41, 5.74) is 1.79. The molecule has 0 bridgehead atoms. The summed E-state index contributed by atoms with van der Waals surface area (Å²) in [5.74, 6) is 0.0148. The second kappa shape index (κ2) is 5.05. The molecule has 1 aliphatic heterocycles. The number of aromatic nitrogens is 2. The summed E-state index contributed by atoms with van der Waals surface area (Å²) in [4.78, 5) is 16.4. The molecule has 0 spiro atoms. The zero-order valence-electron chi connectivity index (χ0n) is 10.3. The summed E-state index contributed by atoms with van der Waals surface area (Å²) in [5, 5.41) is 3.47. The van der Waals surface area contributed by atoms with Gasteiger partial charge in [0.25, 0.3) is 0 Å². The lowest BCUT2D eigenvalue weighted by atomic mass is 9.95. The number of benzene rings is 1. The molecule has 0 radical (unpaired) electrons. The number of amides is 1. The summed E-state index contributed by atoms with van der Waals surface area (Å²) in [6, 6.07) is 7.29. The lowest BCUT2D eigenvalue weighted by Gasteiger charge is -2.23. The van der Waals surface area contributed by atoms with Gasteiger partial charge in [0.05, 0.1) is 17.0 Å². The standard InChI is InChI=1S/C14H14ClN3O/c15-12-3-1-2-4-13(12)17-14(19)10-5-6-18-9-16-8-11(18)7-10/h1-4,8-10H,5-7H2,(H,17,19). The van der Waals surface area contributed by atoms with E-state index in [-0.39, 0.29) is 11.8 Å². The molecule has 3 rings (SSSR count). The fourth-order valence-electron chi connectivity index (χ4n) is 2.39. The van der Waals surface area contributed by atoms with E-state index in [0.29, 0.717) is 10.7 Å². The van der Waals surface area contributed by atoms with E-state index in [9.17, 15) is 4.79 Å². The van der Waals surface area contributed by atoms with Crippen LogP contribution < -0.4 is 5.32 Å². The van der Waals surface area contributed by atoms with Crippen LogP contribution in [0.5, 0.6) is 0 Å². The number of carbonyl (C=O) groups excluding carboxylic acids is 1. The number of hydrogen-bond donors (Lipinski definition) is 1. The third-order valence-corrected chi connectivity index (χ3v) is 3.80. The Morgan fingerprint density at radius 1 is 1.42 bits per heavy atom. The van der Waals surface area contributed by atoms with Crippen LogP contribution in [-0.4, -0.2) is 15.5 Å². The van der Waals surface area contributed by atoms with Crippen LogP contribution in [0.1, 0.15) is 12.1 Å². The Morgan fingerprint density at radius 3 is 3.11 bits per heavy atom. The Morgan fingerprint density at radius 2 is 2.26 bits per heavy atom. The van der Waals surface area contributed by atoms with Crippen LogP contribution in [0.25, 0.3) is 0 Å². The minimum atomic E-state index is -0.0135. The van der Waals surface area contributed by atoms with Gasteiger partial charge in [0, 0.05) is 30.8 Å². The number of hydrogen-bond acceptors (Lipinski definition) is 2. The molecule has 1 unspecified atom stereocenters. The van der Waals surface area contributed by atoms with Gasteiger partial charge in [-0.3, -0.25) is 4.79 Å². The Labute approximate surface area is 116 Å². The number of nitrogens with zero attached hydrogens (tertiary/aromatic N) is 2. The lowest BCUT2D eigenvalue weighted by Crippen LogP contribution is -2.29. The average molecular weight is 276 g/mol. The van der Waals surface area contributed by atoms with Gasteiger partial charge < -0.3 is 9.88 Å². The van der Waals surface area contributed by atoms with Crippen LogP contribution in [0.3, 0.4) is 0 Å². The van der Waals surface area contributed by atoms with Gasteiger partial charge in [0.1, 0.15) is 0 Å². The van der Waals surface area contributed by atoms with Crippen LogP contribution in [0.2, 0.25) is 5.02 Å². The molecular weight excluding hydrogens is 262 g/mol. The zero-order chi connectivity index (χ0) is 13.2. The number of aryl methyl sites for hydroxylation is 1. The second-order valence-electron chi connectivity index (χ2n) is 4.74. The van der Waals surface area contributed by atoms with Gasteiger partial charge in [-0.05, 0) is 18.6 Å². The first-order valence-electron chi connectivity index (χ1n) is 6.28. The Bertz CT molecular complexity index is 608. The molecule has 4 nitrogen and oxygen atoms in total. The highest BCUT2D eigenvalue weighted by Gasteiger charge is 2.25. The highest BCUT2D eigenvalue weighted by molar-refractivity contribution is 6.33. The maximum atomic E-state index is 12.3. The van der Waals surface area contributed by atoms with Crippen LogP contribution in [0, 0.1) is 5.92 Å². The molecule has 5 heteroatoms. The highest BCUT2D eigenvalue weighted by Crippen LogP contribution is 2.24. The molecule has 2 heterocycles. The van der Waals surface area contributed by atoms with Gasteiger partial charge in [-0.2, -0.15) is 0 Å². The van der Waals surface area contributed by atoms with Crippen molar-refractivity contribution in [2.75, 3.05) is 5.32 Å². The topological polar surface area (TPSA) is 46.9 Å². The Hall–Kier alpha value is -1.81. The molecule has 1 aromatic heterocycles. The molecule has 1 N–H and O–H groups in total. The fourth-order valence-corrected chi connectivity index (χ4v) is 2.57. The predicted octanol–water partition coefficient (Wildman–Crippen LogP) is 2.74. The van der Waals surface area contributed by atoms with E-state index in [0.717, 1.165) is 25.1 Å². The van der Waals surface area contributed by atoms with Crippen molar-refractivity contribution in [1.29, 1.82) is 0 Å². The second-order valence-corrected chi connectivity index (χ2v) is 5.14. The molecule has 98 valence electrons. The lowest BCUT2D eigenvalue weighted by molar-refractivity contribution is -0.120. The Balaban J connectivity index is 1.71. The first-order chi connectivity index (χ1) is 9.24. The molecule has 1 amide bonds. The van der Waals surface area contributed by atoms with Crippen molar-refractivity contribution >= 4 is 23.2 Å². The summed E-state index contributed by atoms with van der Waals surface area (Å²) >= 11 is 6.04. The van der Waals surface area contributed by atoms with E-state index in [2.05, 4.69) is 14.9 Å². The number of para-hydroxylation sites is 1. The van der Waals surface area contributed by atoms with E-state index in [4.69, 9.17) is 11.6 Å². The first kappa shape index (κ1) is 12.2. The van der Waals surface area contributed by atoms with Crippen molar-refractivity contribution < 1.29 is 4.79 Å². The van der Waals surface area contributed by atoms with Gasteiger partial charge in [0.15, 0.2) is 0 Å². The van der Waals surface area contributed by atoms with E-state index >= 15 is 0 Å². The maximum Gasteiger partial charge on any atom is 0.227 e. The first-order valence-corrected chi connectivity index (χ1v) is 6.66. The maximum absolute atomic E-state index is 12.3. The smallest absolute Gasteiger partial charge is 0.227 e. The summed E-state index contributed by atoms with van der Waals surface area (Å²) in [6.07, 6.45) is 5.21. The average Bonchev–Trinajstić information content (AvgIpc) is 2.88. The number of imidazole rings is 1. The quantitative estimate of drug-likeness (QED) is 0.916. The van der Waals surface area contributed by atoms with E-state index in [1.54, 1.807) is 6.07 Å². The van der Waals surface area contributed by atoms with Gasteiger partial charge in [0.2, 0.25) is 5.91 Å². The van der Waals surface area contributed by atoms with Gasteiger partial charge in [-0.15, -0.1) is 0 Å². The van der Waals surface area contributed by atoms with Crippen LogP contribution >= 0.6 is 11.6 Å². The van der Waals surface area contributed by atoms with Crippen molar-refractivity contribution in [3.63, 3.8) is 0 Å². The van der Waals surface area contributed by atoms with Gasteiger partial charge in [-0.1, -0.05) is 23.7 Å². The number of fused-ring (bicyclic) bond motifs is 1. The summed E-state index contributed by atoms with van der Waals surface area (Å²) in [6.45, 7) is 0.843. The zero-order valence-corrected chi connectivity index (χ0v) is 11.1. The van der Waals surface area contributed by atoms with Crippen molar-refractivity contribution in [3.8, 4) is 0 Å². The van der Waals surface area contributed by atoms with Gasteiger partial charge >= 0.3 is 0 Å². The monoisotopic (exact) mass is 275 g/mol. The fraction of sp³-hybridized carbons (Fsp3) is 0.286. The molecule has 2 aromatic rings. The van der Waals surface area contributed by atoms with Crippen molar-refractivity contribution in [2.24, 2.45) is 5.92 Å². The minimum Gasteiger partial charge on any atom is -0.335 e. The molecule has 19 heavy (non-hydrogen) atoms. The summed E-state index contributed by atoms with van der Waals surface area (Å²) in [7, 11) is 0.